The van der Waals surface area contributed by atoms with Crippen molar-refractivity contribution in [3.8, 4) is 5.75 Å². The summed E-state index contributed by atoms with van der Waals surface area (Å²) >= 11 is 0. The van der Waals surface area contributed by atoms with E-state index in [0.717, 1.165) is 29.6 Å². The van der Waals surface area contributed by atoms with Crippen molar-refractivity contribution >= 4 is 0 Å². The first-order valence-electron chi connectivity index (χ1n) is 6.83. The van der Waals surface area contributed by atoms with Crippen LogP contribution in [0.1, 0.15) is 17.3 Å². The van der Waals surface area contributed by atoms with Gasteiger partial charge in [0.2, 0.25) is 0 Å². The maximum absolute atomic E-state index is 5.66. The molecular formula is C14H21N5O2. The van der Waals surface area contributed by atoms with Gasteiger partial charge in [-0.2, -0.15) is 0 Å². The molecule has 114 valence electrons. The van der Waals surface area contributed by atoms with E-state index >= 15 is 0 Å². The highest BCUT2D eigenvalue weighted by Gasteiger charge is 2.05. The van der Waals surface area contributed by atoms with E-state index in [9.17, 15) is 0 Å². The van der Waals surface area contributed by atoms with Gasteiger partial charge < -0.3 is 19.4 Å². The van der Waals surface area contributed by atoms with E-state index in [1.54, 1.807) is 13.3 Å². The molecule has 0 aliphatic rings. The average Bonchev–Trinajstić information content (AvgIpc) is 2.82. The second-order valence-corrected chi connectivity index (χ2v) is 4.67. The largest absolute Gasteiger partial charge is 0.484 e. The third-order valence-electron chi connectivity index (χ3n) is 3.14. The Morgan fingerprint density at radius 3 is 2.76 bits per heavy atom. The maximum atomic E-state index is 5.66. The fourth-order valence-electron chi connectivity index (χ4n) is 1.72. The Bertz CT molecular complexity index is 553. The van der Waals surface area contributed by atoms with Gasteiger partial charge in [-0.05, 0) is 19.1 Å². The molecule has 2 aromatic heterocycles. The van der Waals surface area contributed by atoms with Crippen LogP contribution >= 0.6 is 0 Å². The minimum Gasteiger partial charge on any atom is -0.484 e. The van der Waals surface area contributed by atoms with Crippen LogP contribution in [0.15, 0.2) is 18.3 Å². The molecule has 0 aromatic carbocycles. The summed E-state index contributed by atoms with van der Waals surface area (Å²) in [5.74, 6) is 2.37. The van der Waals surface area contributed by atoms with Crippen LogP contribution in [0.2, 0.25) is 0 Å². The third kappa shape index (κ3) is 4.51. The van der Waals surface area contributed by atoms with Crippen molar-refractivity contribution < 1.29 is 9.47 Å². The van der Waals surface area contributed by atoms with Crippen LogP contribution in [0.3, 0.4) is 0 Å². The summed E-state index contributed by atoms with van der Waals surface area (Å²) in [4.78, 5) is 4.35. The quantitative estimate of drug-likeness (QED) is 0.726. The highest BCUT2D eigenvalue weighted by Crippen LogP contribution is 2.11. The number of ether oxygens (including phenoxy) is 2. The Labute approximate surface area is 124 Å². The second-order valence-electron chi connectivity index (χ2n) is 4.67. The minimum atomic E-state index is 0.379. The highest BCUT2D eigenvalue weighted by atomic mass is 16.5. The summed E-state index contributed by atoms with van der Waals surface area (Å²) < 4.78 is 12.5. The summed E-state index contributed by atoms with van der Waals surface area (Å²) in [6.07, 6.45) is 1.72. The van der Waals surface area contributed by atoms with Crippen LogP contribution in [-0.2, 0) is 24.9 Å². The Morgan fingerprint density at radius 1 is 1.29 bits per heavy atom. The number of pyridine rings is 1. The Hall–Kier alpha value is -1.99. The molecule has 0 saturated carbocycles. The fourth-order valence-corrected chi connectivity index (χ4v) is 1.72. The number of hydrogen-bond acceptors (Lipinski definition) is 6. The molecule has 0 amide bonds. The highest BCUT2D eigenvalue weighted by molar-refractivity contribution is 5.20. The van der Waals surface area contributed by atoms with Crippen LogP contribution in [-0.4, -0.2) is 40.0 Å². The average molecular weight is 291 g/mol. The summed E-state index contributed by atoms with van der Waals surface area (Å²) in [6.45, 7) is 4.50. The lowest BCUT2D eigenvalue weighted by molar-refractivity contribution is 0.199. The SMILES string of the molecule is COCCNCc1ccc(OCc2nnc(C)n2C)cn1. The molecule has 21 heavy (non-hydrogen) atoms. The predicted octanol–water partition coefficient (Wildman–Crippen LogP) is 0.834. The minimum absolute atomic E-state index is 0.379. The van der Waals surface area contributed by atoms with Crippen molar-refractivity contribution in [2.45, 2.75) is 20.1 Å². The normalized spacial score (nSPS) is 10.8. The zero-order valence-corrected chi connectivity index (χ0v) is 12.7. The number of rotatable bonds is 8. The fraction of sp³-hybridized carbons (Fsp3) is 0.500. The van der Waals surface area contributed by atoms with Gasteiger partial charge in [0.25, 0.3) is 0 Å². The topological polar surface area (TPSA) is 74.1 Å². The standard InChI is InChI=1S/C14H21N5O2/c1-11-17-18-14(19(11)2)10-21-13-5-4-12(16-9-13)8-15-6-7-20-3/h4-5,9,15H,6-8,10H2,1-3H3. The van der Waals surface area contributed by atoms with Crippen LogP contribution in [0.5, 0.6) is 5.75 Å². The Balaban J connectivity index is 1.81. The van der Waals surface area contributed by atoms with Crippen molar-refractivity contribution in [2.75, 3.05) is 20.3 Å². The summed E-state index contributed by atoms with van der Waals surface area (Å²) in [7, 11) is 3.60. The van der Waals surface area contributed by atoms with Gasteiger partial charge in [-0.1, -0.05) is 0 Å². The molecule has 1 N–H and O–H groups in total. The first-order chi connectivity index (χ1) is 10.2. The van der Waals surface area contributed by atoms with E-state index in [-0.39, 0.29) is 0 Å². The first kappa shape index (κ1) is 15.4. The molecular weight excluding hydrogens is 270 g/mol. The van der Waals surface area contributed by atoms with Gasteiger partial charge in [0, 0.05) is 27.2 Å². The van der Waals surface area contributed by atoms with Crippen molar-refractivity contribution in [1.29, 1.82) is 0 Å². The van der Waals surface area contributed by atoms with Gasteiger partial charge in [-0.25, -0.2) is 0 Å². The number of aryl methyl sites for hydroxylation is 1. The van der Waals surface area contributed by atoms with Crippen LogP contribution in [0, 0.1) is 6.92 Å². The van der Waals surface area contributed by atoms with Crippen LogP contribution in [0.25, 0.3) is 0 Å². The third-order valence-corrected chi connectivity index (χ3v) is 3.14. The van der Waals surface area contributed by atoms with Gasteiger partial charge in [0.15, 0.2) is 5.82 Å². The molecule has 0 bridgehead atoms. The predicted molar refractivity (Wildman–Crippen MR) is 77.9 cm³/mol. The monoisotopic (exact) mass is 291 g/mol. The van der Waals surface area contributed by atoms with E-state index in [1.165, 1.54) is 0 Å². The van der Waals surface area contributed by atoms with E-state index in [4.69, 9.17) is 9.47 Å². The van der Waals surface area contributed by atoms with E-state index in [2.05, 4.69) is 20.5 Å². The second kappa shape index (κ2) is 7.70. The van der Waals surface area contributed by atoms with Crippen LogP contribution in [0.4, 0.5) is 0 Å². The molecule has 2 aromatic rings. The van der Waals surface area contributed by atoms with Gasteiger partial charge in [0.05, 0.1) is 18.5 Å². The van der Waals surface area contributed by atoms with E-state index in [0.29, 0.717) is 19.8 Å². The molecule has 0 aliphatic carbocycles. The molecule has 0 unspecified atom stereocenters. The number of methoxy groups -OCH3 is 1. The molecule has 7 heteroatoms. The van der Waals surface area contributed by atoms with E-state index < -0.39 is 0 Å². The molecule has 7 nitrogen and oxygen atoms in total. The molecule has 0 atom stereocenters. The zero-order chi connectivity index (χ0) is 15.1. The van der Waals surface area contributed by atoms with Gasteiger partial charge >= 0.3 is 0 Å². The zero-order valence-electron chi connectivity index (χ0n) is 12.7. The first-order valence-corrected chi connectivity index (χ1v) is 6.83. The molecule has 0 aliphatic heterocycles. The lowest BCUT2D eigenvalue weighted by atomic mass is 10.3. The van der Waals surface area contributed by atoms with Gasteiger partial charge in [-0.3, -0.25) is 4.98 Å². The number of hydrogen-bond donors (Lipinski definition) is 1. The number of nitrogens with one attached hydrogen (secondary N) is 1. The number of aromatic nitrogens is 4. The summed E-state index contributed by atoms with van der Waals surface area (Å²) in [5.41, 5.74) is 0.966. The maximum Gasteiger partial charge on any atom is 0.170 e. The van der Waals surface area contributed by atoms with Gasteiger partial charge in [-0.15, -0.1) is 10.2 Å². The lowest BCUT2D eigenvalue weighted by Crippen LogP contribution is -2.19. The van der Waals surface area contributed by atoms with Crippen molar-refractivity contribution in [3.63, 3.8) is 0 Å². The Morgan fingerprint density at radius 2 is 2.14 bits per heavy atom. The molecule has 0 fully saturated rings. The van der Waals surface area contributed by atoms with Crippen molar-refractivity contribution in [1.82, 2.24) is 25.1 Å². The number of nitrogens with zero attached hydrogens (tertiary/aromatic N) is 4. The van der Waals surface area contributed by atoms with Crippen LogP contribution < -0.4 is 10.1 Å². The molecule has 0 spiro atoms. The molecule has 2 heterocycles. The summed E-state index contributed by atoms with van der Waals surface area (Å²) in [5, 5.41) is 11.3. The van der Waals surface area contributed by atoms with Crippen molar-refractivity contribution in [2.24, 2.45) is 7.05 Å². The van der Waals surface area contributed by atoms with Gasteiger partial charge in [0.1, 0.15) is 18.2 Å². The lowest BCUT2D eigenvalue weighted by Gasteiger charge is -2.07. The molecule has 0 saturated heterocycles. The molecule has 0 radical (unpaired) electrons. The smallest absolute Gasteiger partial charge is 0.170 e. The molecule has 2 rings (SSSR count). The Kier molecular flexibility index (Phi) is 5.65. The summed E-state index contributed by atoms with van der Waals surface area (Å²) in [6, 6.07) is 3.85. The van der Waals surface area contributed by atoms with Crippen molar-refractivity contribution in [3.05, 3.63) is 35.7 Å². The van der Waals surface area contributed by atoms with E-state index in [1.807, 2.05) is 30.7 Å².